The average Bonchev–Trinajstić information content (AvgIpc) is 3.46. The molecule has 3 heterocycles. The average molecular weight is 465 g/mol. The highest BCUT2D eigenvalue weighted by Gasteiger charge is 2.32. The van der Waals surface area contributed by atoms with Crippen molar-refractivity contribution in [3.63, 3.8) is 0 Å². The minimum atomic E-state index is -3.63. The predicted molar refractivity (Wildman–Crippen MR) is 124 cm³/mol. The summed E-state index contributed by atoms with van der Waals surface area (Å²) >= 11 is 0. The first-order chi connectivity index (χ1) is 15.8. The molecular weight excluding hydrogens is 440 g/mol. The van der Waals surface area contributed by atoms with Crippen LogP contribution in [-0.4, -0.2) is 51.1 Å². The van der Waals surface area contributed by atoms with E-state index in [4.69, 9.17) is 5.73 Å². The van der Waals surface area contributed by atoms with Gasteiger partial charge in [0.2, 0.25) is 5.91 Å². The van der Waals surface area contributed by atoms with Gasteiger partial charge in [0, 0.05) is 31.7 Å². The minimum absolute atomic E-state index is 0.00410. The number of aryl methyl sites for hydroxylation is 1. The largest absolute Gasteiger partial charge is 0.366 e. The number of rotatable bonds is 5. The summed E-state index contributed by atoms with van der Waals surface area (Å²) in [6.45, 7) is 0.734. The zero-order valence-corrected chi connectivity index (χ0v) is 18.9. The molecule has 0 saturated carbocycles. The Morgan fingerprint density at radius 3 is 2.45 bits per heavy atom. The Kier molecular flexibility index (Phi) is 5.26. The number of benzene rings is 2. The van der Waals surface area contributed by atoms with Crippen molar-refractivity contribution in [2.45, 2.75) is 23.9 Å². The van der Waals surface area contributed by atoms with Crippen LogP contribution >= 0.6 is 0 Å². The molecule has 2 aromatic heterocycles. The monoisotopic (exact) mass is 464 g/mol. The SMILES string of the molecule is Cn1cnc(S(=O)(=O)N2CCC(n3ncc4c(C(N)=O)cc(-c5ccccc5)cc43)CC2)c1. The van der Waals surface area contributed by atoms with Crippen molar-refractivity contribution in [2.75, 3.05) is 13.1 Å². The fraction of sp³-hybridized carbons (Fsp3) is 0.261. The van der Waals surface area contributed by atoms with E-state index in [1.165, 1.54) is 16.8 Å². The standard InChI is InChI=1S/C23H24N6O3S/c1-27-14-22(25-15-27)33(31,32)28-9-7-18(8-10-28)29-21-12-17(16-5-3-2-4-6-16)11-19(23(24)30)20(21)13-26-29/h2-6,11-15,18H,7-10H2,1H3,(H2,24,30). The van der Waals surface area contributed by atoms with Gasteiger partial charge < -0.3 is 10.3 Å². The second kappa shape index (κ2) is 8.13. The van der Waals surface area contributed by atoms with Crippen LogP contribution in [0.3, 0.4) is 0 Å². The van der Waals surface area contributed by atoms with Gasteiger partial charge in [-0.1, -0.05) is 30.3 Å². The molecule has 10 heteroatoms. The lowest BCUT2D eigenvalue weighted by Crippen LogP contribution is -2.39. The van der Waals surface area contributed by atoms with E-state index < -0.39 is 15.9 Å². The van der Waals surface area contributed by atoms with Crippen molar-refractivity contribution in [1.82, 2.24) is 23.6 Å². The number of amides is 1. The topological polar surface area (TPSA) is 116 Å². The Morgan fingerprint density at radius 1 is 1.09 bits per heavy atom. The fourth-order valence-electron chi connectivity index (χ4n) is 4.42. The molecule has 0 atom stereocenters. The predicted octanol–water partition coefficient (Wildman–Crippen LogP) is 2.56. The van der Waals surface area contributed by atoms with Gasteiger partial charge in [0.1, 0.15) is 0 Å². The molecule has 5 rings (SSSR count). The molecule has 170 valence electrons. The number of carbonyl (C=O) groups excluding carboxylic acids is 1. The molecule has 1 saturated heterocycles. The zero-order valence-electron chi connectivity index (χ0n) is 18.1. The number of primary amides is 1. The number of hydrogen-bond acceptors (Lipinski definition) is 5. The van der Waals surface area contributed by atoms with Gasteiger partial charge in [-0.15, -0.1) is 0 Å². The molecule has 9 nitrogen and oxygen atoms in total. The van der Waals surface area contributed by atoms with Crippen LogP contribution in [0.1, 0.15) is 29.2 Å². The molecule has 0 unspecified atom stereocenters. The van der Waals surface area contributed by atoms with E-state index in [-0.39, 0.29) is 11.1 Å². The normalized spacial score (nSPS) is 15.8. The van der Waals surface area contributed by atoms with E-state index >= 15 is 0 Å². The lowest BCUT2D eigenvalue weighted by Gasteiger charge is -2.31. The van der Waals surface area contributed by atoms with Crippen molar-refractivity contribution >= 4 is 26.8 Å². The van der Waals surface area contributed by atoms with Crippen molar-refractivity contribution < 1.29 is 13.2 Å². The Balaban J connectivity index is 1.46. The number of fused-ring (bicyclic) bond motifs is 1. The molecule has 0 radical (unpaired) electrons. The quantitative estimate of drug-likeness (QED) is 0.487. The number of hydrogen-bond donors (Lipinski definition) is 1. The van der Waals surface area contributed by atoms with E-state index in [2.05, 4.69) is 10.1 Å². The maximum atomic E-state index is 12.9. The van der Waals surface area contributed by atoms with Gasteiger partial charge in [-0.25, -0.2) is 13.4 Å². The van der Waals surface area contributed by atoms with Crippen molar-refractivity contribution in [3.05, 3.63) is 66.7 Å². The first kappa shape index (κ1) is 21.4. The van der Waals surface area contributed by atoms with Crippen LogP contribution in [0, 0.1) is 0 Å². The van der Waals surface area contributed by atoms with Crippen molar-refractivity contribution in [1.29, 1.82) is 0 Å². The van der Waals surface area contributed by atoms with Crippen LogP contribution in [0.4, 0.5) is 0 Å². The lowest BCUT2D eigenvalue weighted by molar-refractivity contribution is 0.100. The minimum Gasteiger partial charge on any atom is -0.366 e. The Labute approximate surface area is 191 Å². The summed E-state index contributed by atoms with van der Waals surface area (Å²) in [7, 11) is -1.88. The van der Waals surface area contributed by atoms with Crippen molar-refractivity contribution in [2.24, 2.45) is 12.8 Å². The smallest absolute Gasteiger partial charge is 0.262 e. The number of aromatic nitrogens is 4. The first-order valence-corrected chi connectivity index (χ1v) is 12.1. The summed E-state index contributed by atoms with van der Waals surface area (Å²) in [6.07, 6.45) is 5.87. The second-order valence-electron chi connectivity index (χ2n) is 8.29. The molecule has 4 aromatic rings. The zero-order chi connectivity index (χ0) is 23.2. The first-order valence-electron chi connectivity index (χ1n) is 10.7. The Hall–Kier alpha value is -3.50. The van der Waals surface area contributed by atoms with Crippen LogP contribution in [-0.2, 0) is 17.1 Å². The van der Waals surface area contributed by atoms with Crippen LogP contribution in [0.2, 0.25) is 0 Å². The van der Waals surface area contributed by atoms with Crippen LogP contribution < -0.4 is 5.73 Å². The highest BCUT2D eigenvalue weighted by atomic mass is 32.2. The molecule has 1 amide bonds. The maximum absolute atomic E-state index is 12.9. The summed E-state index contributed by atoms with van der Waals surface area (Å²) in [4.78, 5) is 16.2. The van der Waals surface area contributed by atoms with Crippen LogP contribution in [0.5, 0.6) is 0 Å². The highest BCUT2D eigenvalue weighted by molar-refractivity contribution is 7.89. The number of sulfonamides is 1. The third-order valence-corrected chi connectivity index (χ3v) is 7.93. The van der Waals surface area contributed by atoms with Crippen molar-refractivity contribution in [3.8, 4) is 11.1 Å². The number of imidazole rings is 1. The fourth-order valence-corrected chi connectivity index (χ4v) is 5.85. The summed E-state index contributed by atoms with van der Waals surface area (Å²) in [5.41, 5.74) is 8.78. The molecule has 0 spiro atoms. The van der Waals surface area contributed by atoms with E-state index in [0.717, 1.165) is 16.6 Å². The summed E-state index contributed by atoms with van der Waals surface area (Å²) < 4.78 is 30.8. The van der Waals surface area contributed by atoms with Gasteiger partial charge in [-0.05, 0) is 36.1 Å². The molecule has 33 heavy (non-hydrogen) atoms. The van der Waals surface area contributed by atoms with E-state index in [9.17, 15) is 13.2 Å². The number of carbonyl (C=O) groups is 1. The van der Waals surface area contributed by atoms with Gasteiger partial charge >= 0.3 is 0 Å². The molecular formula is C23H24N6O3S. The van der Waals surface area contributed by atoms with Gasteiger partial charge in [0.15, 0.2) is 5.03 Å². The highest BCUT2D eigenvalue weighted by Crippen LogP contribution is 2.33. The molecule has 1 aliphatic heterocycles. The molecule has 2 aromatic carbocycles. The molecule has 1 aliphatic rings. The number of nitrogens with zero attached hydrogens (tertiary/aromatic N) is 5. The molecule has 0 aliphatic carbocycles. The molecule has 1 fully saturated rings. The lowest BCUT2D eigenvalue weighted by atomic mass is 9.99. The summed E-state index contributed by atoms with van der Waals surface area (Å²) in [6, 6.07) is 13.6. The molecule has 2 N–H and O–H groups in total. The maximum Gasteiger partial charge on any atom is 0.262 e. The van der Waals surface area contributed by atoms with E-state index in [1.54, 1.807) is 23.9 Å². The van der Waals surface area contributed by atoms with Gasteiger partial charge in [-0.2, -0.15) is 9.40 Å². The van der Waals surface area contributed by atoms with E-state index in [1.807, 2.05) is 41.1 Å². The van der Waals surface area contributed by atoms with Gasteiger partial charge in [0.25, 0.3) is 10.0 Å². The Bertz CT molecular complexity index is 1430. The third kappa shape index (κ3) is 3.81. The van der Waals surface area contributed by atoms with Gasteiger partial charge in [-0.3, -0.25) is 9.48 Å². The third-order valence-electron chi connectivity index (χ3n) is 6.14. The van der Waals surface area contributed by atoms with Gasteiger partial charge in [0.05, 0.1) is 29.6 Å². The van der Waals surface area contributed by atoms with Crippen LogP contribution in [0.15, 0.2) is 66.2 Å². The molecule has 0 bridgehead atoms. The number of nitrogens with two attached hydrogens (primary N) is 1. The van der Waals surface area contributed by atoms with E-state index in [0.29, 0.717) is 36.9 Å². The number of piperidine rings is 1. The second-order valence-corrected chi connectivity index (χ2v) is 10.2. The summed E-state index contributed by atoms with van der Waals surface area (Å²) in [5, 5.41) is 5.33. The summed E-state index contributed by atoms with van der Waals surface area (Å²) in [5.74, 6) is -0.506. The van der Waals surface area contributed by atoms with Crippen LogP contribution in [0.25, 0.3) is 22.0 Å². The Morgan fingerprint density at radius 2 is 1.82 bits per heavy atom.